The minimum Gasteiger partial charge on any atom is -0.129 e. The van der Waals surface area contributed by atoms with E-state index in [9.17, 15) is 0 Å². The molecule has 0 amide bonds. The van der Waals surface area contributed by atoms with Gasteiger partial charge in [0.25, 0.3) is 0 Å². The lowest BCUT2D eigenvalue weighted by atomic mass is 10.1. The Hall–Kier alpha value is -0.950. The fourth-order valence-electron chi connectivity index (χ4n) is 1.37. The third kappa shape index (κ3) is 3.60. The number of allylic oxidation sites excluding steroid dienone is 3. The maximum absolute atomic E-state index is 2.20. The summed E-state index contributed by atoms with van der Waals surface area (Å²) in [6.07, 6.45) is 9.51. The first-order chi connectivity index (χ1) is 7.31. The molecular weight excluding hydrogens is 200 g/mol. The second-order valence-electron chi connectivity index (χ2n) is 3.31. The third-order valence-corrected chi connectivity index (χ3v) is 3.12. The number of benzene rings is 1. The average Bonchev–Trinajstić information content (AvgIpc) is 2.31. The smallest absolute Gasteiger partial charge is 0.0141 e. The predicted octanol–water partition coefficient (Wildman–Crippen LogP) is 4.53. The van der Waals surface area contributed by atoms with E-state index >= 15 is 0 Å². The second-order valence-corrected chi connectivity index (χ2v) is 4.16. The van der Waals surface area contributed by atoms with Crippen LogP contribution in [0, 0.1) is 0 Å². The van der Waals surface area contributed by atoms with Gasteiger partial charge in [-0.15, -0.1) is 11.8 Å². The molecule has 0 saturated heterocycles. The summed E-state index contributed by atoms with van der Waals surface area (Å²) in [5, 5.41) is 0. The second kappa shape index (κ2) is 6.52. The molecule has 1 aromatic rings. The van der Waals surface area contributed by atoms with Crippen molar-refractivity contribution in [3.8, 4) is 0 Å². The van der Waals surface area contributed by atoms with Crippen LogP contribution in [0.2, 0.25) is 0 Å². The lowest BCUT2D eigenvalue weighted by molar-refractivity contribution is 1.14. The Labute approximate surface area is 97.1 Å². The van der Waals surface area contributed by atoms with Gasteiger partial charge in [0.1, 0.15) is 0 Å². The van der Waals surface area contributed by atoms with E-state index in [4.69, 9.17) is 0 Å². The van der Waals surface area contributed by atoms with Crippen LogP contribution in [0.5, 0.6) is 0 Å². The molecule has 0 saturated carbocycles. The number of rotatable bonds is 4. The topological polar surface area (TPSA) is 0 Å². The lowest BCUT2D eigenvalue weighted by Gasteiger charge is -2.04. The van der Waals surface area contributed by atoms with Crippen LogP contribution in [0.25, 0.3) is 4.91 Å². The number of hydrogen-bond donors (Lipinski definition) is 0. The summed E-state index contributed by atoms with van der Waals surface area (Å²) >= 11 is 1.79. The van der Waals surface area contributed by atoms with E-state index in [1.165, 1.54) is 16.0 Å². The zero-order valence-electron chi connectivity index (χ0n) is 9.66. The van der Waals surface area contributed by atoms with E-state index in [0.29, 0.717) is 0 Å². The first kappa shape index (κ1) is 12.1. The van der Waals surface area contributed by atoms with Crippen molar-refractivity contribution in [3.63, 3.8) is 0 Å². The first-order valence-electron chi connectivity index (χ1n) is 5.28. The Morgan fingerprint density at radius 2 is 1.93 bits per heavy atom. The molecule has 0 aliphatic heterocycles. The molecule has 15 heavy (non-hydrogen) atoms. The summed E-state index contributed by atoms with van der Waals surface area (Å²) in [7, 11) is 0. The Morgan fingerprint density at radius 1 is 1.27 bits per heavy atom. The monoisotopic (exact) mass is 218 g/mol. The Morgan fingerprint density at radius 3 is 2.40 bits per heavy atom. The maximum atomic E-state index is 2.20. The van der Waals surface area contributed by atoms with E-state index in [1.807, 2.05) is 6.92 Å². The van der Waals surface area contributed by atoms with Gasteiger partial charge < -0.3 is 0 Å². The molecule has 80 valence electrons. The highest BCUT2D eigenvalue weighted by Crippen LogP contribution is 2.25. The normalized spacial score (nSPS) is 12.3. The number of aryl methyl sites for hydroxylation is 1. The lowest BCUT2D eigenvalue weighted by Crippen LogP contribution is -1.82. The molecule has 0 fully saturated rings. The Bertz CT molecular complexity index is 344. The maximum Gasteiger partial charge on any atom is 0.0141 e. The van der Waals surface area contributed by atoms with E-state index in [0.717, 1.165) is 6.42 Å². The minimum atomic E-state index is 1.10. The van der Waals surface area contributed by atoms with Crippen LogP contribution in [0.1, 0.15) is 25.0 Å². The van der Waals surface area contributed by atoms with Gasteiger partial charge >= 0.3 is 0 Å². The van der Waals surface area contributed by atoms with Crippen LogP contribution in [0.4, 0.5) is 0 Å². The summed E-state index contributed by atoms with van der Waals surface area (Å²) in [4.78, 5) is 1.32. The molecule has 0 atom stereocenters. The summed E-state index contributed by atoms with van der Waals surface area (Å²) in [6, 6.07) is 8.80. The van der Waals surface area contributed by atoms with Crippen LogP contribution in [0.15, 0.2) is 42.5 Å². The molecule has 0 unspecified atom stereocenters. The predicted molar refractivity (Wildman–Crippen MR) is 72.1 cm³/mol. The third-order valence-electron chi connectivity index (χ3n) is 2.31. The Balaban J connectivity index is 2.92. The molecule has 0 spiro atoms. The molecular formula is C14H18S. The van der Waals surface area contributed by atoms with Crippen molar-refractivity contribution in [2.45, 2.75) is 20.3 Å². The molecule has 1 heteroatoms. The number of hydrogen-bond acceptors (Lipinski definition) is 1. The zero-order chi connectivity index (χ0) is 11.1. The molecule has 0 aliphatic carbocycles. The fraction of sp³-hybridized carbons (Fsp3) is 0.286. The van der Waals surface area contributed by atoms with Crippen molar-refractivity contribution in [2.75, 3.05) is 6.26 Å². The quantitative estimate of drug-likeness (QED) is 0.669. The van der Waals surface area contributed by atoms with Gasteiger partial charge in [0.2, 0.25) is 0 Å². The summed E-state index contributed by atoms with van der Waals surface area (Å²) in [5.41, 5.74) is 2.70. The van der Waals surface area contributed by atoms with Crippen molar-refractivity contribution in [3.05, 3.63) is 53.6 Å². The largest absolute Gasteiger partial charge is 0.129 e. The Kier molecular flexibility index (Phi) is 5.27. The summed E-state index contributed by atoms with van der Waals surface area (Å²) < 4.78 is 0. The molecule has 0 radical (unpaired) electrons. The van der Waals surface area contributed by atoms with Gasteiger partial charge in [0.15, 0.2) is 0 Å². The minimum absolute atomic E-state index is 1.10. The fourth-order valence-corrected chi connectivity index (χ4v) is 1.96. The number of thioether (sulfide) groups is 1. The summed E-state index contributed by atoms with van der Waals surface area (Å²) in [6.45, 7) is 4.22. The van der Waals surface area contributed by atoms with Gasteiger partial charge in [-0.25, -0.2) is 0 Å². The standard InChI is InChI=1S/C14H18S/c1-4-6-7-14(15-3)13-10-8-12(5-2)9-11-13/h4,6-11H,5H2,1-3H3/b6-4+,14-7-. The van der Waals surface area contributed by atoms with Gasteiger partial charge in [-0.1, -0.05) is 43.3 Å². The van der Waals surface area contributed by atoms with Gasteiger partial charge in [-0.05, 0) is 36.8 Å². The zero-order valence-corrected chi connectivity index (χ0v) is 10.5. The van der Waals surface area contributed by atoms with Crippen molar-refractivity contribution in [2.24, 2.45) is 0 Å². The van der Waals surface area contributed by atoms with Crippen LogP contribution < -0.4 is 0 Å². The van der Waals surface area contributed by atoms with Crippen LogP contribution in [-0.2, 0) is 6.42 Å². The summed E-state index contributed by atoms with van der Waals surface area (Å²) in [5.74, 6) is 0. The van der Waals surface area contributed by atoms with Crippen molar-refractivity contribution < 1.29 is 0 Å². The average molecular weight is 218 g/mol. The van der Waals surface area contributed by atoms with E-state index < -0.39 is 0 Å². The van der Waals surface area contributed by atoms with E-state index in [2.05, 4.69) is 55.7 Å². The highest BCUT2D eigenvalue weighted by Gasteiger charge is 1.98. The van der Waals surface area contributed by atoms with Gasteiger partial charge in [0.05, 0.1) is 0 Å². The van der Waals surface area contributed by atoms with Gasteiger partial charge in [-0.2, -0.15) is 0 Å². The van der Waals surface area contributed by atoms with Crippen LogP contribution >= 0.6 is 11.8 Å². The highest BCUT2D eigenvalue weighted by molar-refractivity contribution is 8.07. The molecule has 0 aliphatic rings. The molecule has 1 rings (SSSR count). The van der Waals surface area contributed by atoms with Crippen LogP contribution in [0.3, 0.4) is 0 Å². The molecule has 0 aromatic heterocycles. The highest BCUT2D eigenvalue weighted by atomic mass is 32.2. The molecule has 0 N–H and O–H groups in total. The van der Waals surface area contributed by atoms with Crippen molar-refractivity contribution in [1.82, 2.24) is 0 Å². The molecule has 1 aromatic carbocycles. The van der Waals surface area contributed by atoms with Crippen molar-refractivity contribution in [1.29, 1.82) is 0 Å². The molecule has 0 heterocycles. The van der Waals surface area contributed by atoms with Gasteiger partial charge in [0, 0.05) is 4.91 Å². The molecule has 0 bridgehead atoms. The first-order valence-corrected chi connectivity index (χ1v) is 6.50. The van der Waals surface area contributed by atoms with Gasteiger partial charge in [-0.3, -0.25) is 0 Å². The van der Waals surface area contributed by atoms with E-state index in [-0.39, 0.29) is 0 Å². The molecule has 0 nitrogen and oxygen atoms in total. The SMILES string of the molecule is C/C=C/C=C(\SC)c1ccc(CC)cc1. The van der Waals surface area contributed by atoms with Crippen molar-refractivity contribution >= 4 is 16.7 Å². The van der Waals surface area contributed by atoms with E-state index in [1.54, 1.807) is 11.8 Å². The van der Waals surface area contributed by atoms with Crippen LogP contribution in [-0.4, -0.2) is 6.26 Å².